The van der Waals surface area contributed by atoms with Crippen LogP contribution in [0.4, 0.5) is 15.9 Å². The second-order valence-corrected chi connectivity index (χ2v) is 8.87. The number of aromatic nitrogens is 2. The molecule has 3 aromatic rings. The Labute approximate surface area is 222 Å². The monoisotopic (exact) mass is 548 g/mol. The molecule has 1 fully saturated rings. The van der Waals surface area contributed by atoms with Gasteiger partial charge in [0.05, 0.1) is 35.5 Å². The van der Waals surface area contributed by atoms with Crippen molar-refractivity contribution in [2.24, 2.45) is 0 Å². The number of piperidine rings is 1. The van der Waals surface area contributed by atoms with Gasteiger partial charge in [0.2, 0.25) is 5.91 Å². The minimum Gasteiger partial charge on any atom is -0.493 e. The lowest BCUT2D eigenvalue weighted by Gasteiger charge is -2.32. The SMILES string of the molecule is COC(=O)/C=C/C(=O)N1CCC(Oc2cc3c(Nc4ccc(Cl)c(Cl)c4F)ncnc3cc2OC)CC1. The average Bonchev–Trinajstić information content (AvgIpc) is 2.92. The van der Waals surface area contributed by atoms with E-state index >= 15 is 0 Å². The molecule has 1 aliphatic rings. The number of halogens is 3. The molecule has 4 rings (SSSR count). The largest absolute Gasteiger partial charge is 0.493 e. The quantitative estimate of drug-likeness (QED) is 0.252. The minimum atomic E-state index is -0.700. The molecule has 1 N–H and O–H groups in total. The van der Waals surface area contributed by atoms with E-state index in [0.717, 1.165) is 6.08 Å². The molecule has 0 saturated carbocycles. The second kappa shape index (κ2) is 11.6. The number of ether oxygens (including phenoxy) is 3. The van der Waals surface area contributed by atoms with Crippen LogP contribution in [0, 0.1) is 5.82 Å². The van der Waals surface area contributed by atoms with E-state index in [-0.39, 0.29) is 27.7 Å². The van der Waals surface area contributed by atoms with Crippen molar-refractivity contribution < 1.29 is 28.2 Å². The van der Waals surface area contributed by atoms with E-state index in [0.29, 0.717) is 54.2 Å². The third-order valence-electron chi connectivity index (χ3n) is 5.82. The maximum atomic E-state index is 14.6. The minimum absolute atomic E-state index is 0.102. The van der Waals surface area contributed by atoms with Gasteiger partial charge in [-0.1, -0.05) is 23.2 Å². The van der Waals surface area contributed by atoms with Crippen molar-refractivity contribution in [1.82, 2.24) is 14.9 Å². The standard InChI is InChI=1S/C25H23Cl2FN4O5/c1-35-19-12-18-15(25(30-13-29-18)31-17-4-3-16(26)23(27)24(17)28)11-20(19)37-14-7-9-32(10-8-14)21(33)5-6-22(34)36-2/h3-6,11-14H,7-10H2,1-2H3,(H,29,30,31)/b6-5+. The molecule has 0 aliphatic carbocycles. The fourth-order valence-electron chi connectivity index (χ4n) is 3.85. The van der Waals surface area contributed by atoms with Crippen LogP contribution in [0.2, 0.25) is 10.0 Å². The van der Waals surface area contributed by atoms with Crippen LogP contribution >= 0.6 is 23.2 Å². The number of hydrogen-bond acceptors (Lipinski definition) is 8. The van der Waals surface area contributed by atoms with Crippen LogP contribution in [-0.4, -0.2) is 60.2 Å². The Bertz CT molecular complexity index is 1360. The van der Waals surface area contributed by atoms with E-state index in [1.165, 1.54) is 38.8 Å². The van der Waals surface area contributed by atoms with E-state index in [1.54, 1.807) is 17.0 Å². The molecule has 0 radical (unpaired) electrons. The highest BCUT2D eigenvalue weighted by molar-refractivity contribution is 6.42. The van der Waals surface area contributed by atoms with Gasteiger partial charge in [-0.25, -0.2) is 19.2 Å². The summed E-state index contributed by atoms with van der Waals surface area (Å²) < 4.78 is 30.9. The highest BCUT2D eigenvalue weighted by Gasteiger charge is 2.24. The third-order valence-corrected chi connectivity index (χ3v) is 6.60. The highest BCUT2D eigenvalue weighted by atomic mass is 35.5. The first-order valence-electron chi connectivity index (χ1n) is 11.3. The molecule has 12 heteroatoms. The predicted molar refractivity (Wildman–Crippen MR) is 137 cm³/mol. The van der Waals surface area contributed by atoms with Crippen molar-refractivity contribution in [3.05, 3.63) is 58.6 Å². The van der Waals surface area contributed by atoms with Gasteiger partial charge >= 0.3 is 5.97 Å². The zero-order valence-electron chi connectivity index (χ0n) is 20.0. The Morgan fingerprint density at radius 1 is 1.11 bits per heavy atom. The number of anilines is 2. The first kappa shape index (κ1) is 26.4. The number of esters is 1. The van der Waals surface area contributed by atoms with Gasteiger partial charge in [-0.2, -0.15) is 0 Å². The van der Waals surface area contributed by atoms with Gasteiger partial charge in [-0.3, -0.25) is 4.79 Å². The summed E-state index contributed by atoms with van der Waals surface area (Å²) in [4.78, 5) is 33.7. The fraction of sp³-hybridized carbons (Fsp3) is 0.280. The maximum absolute atomic E-state index is 14.6. The Hall–Kier alpha value is -3.63. The molecule has 1 aromatic heterocycles. The second-order valence-electron chi connectivity index (χ2n) is 8.09. The molecule has 1 aliphatic heterocycles. The summed E-state index contributed by atoms with van der Waals surface area (Å²) in [6, 6.07) is 6.38. The number of rotatable bonds is 7. The lowest BCUT2D eigenvalue weighted by molar-refractivity contribution is -0.135. The van der Waals surface area contributed by atoms with Crippen LogP contribution in [0.15, 0.2) is 42.7 Å². The van der Waals surface area contributed by atoms with Crippen molar-refractivity contribution in [3.63, 3.8) is 0 Å². The van der Waals surface area contributed by atoms with E-state index < -0.39 is 11.8 Å². The number of methoxy groups -OCH3 is 2. The van der Waals surface area contributed by atoms with Crippen LogP contribution < -0.4 is 14.8 Å². The first-order chi connectivity index (χ1) is 17.8. The van der Waals surface area contributed by atoms with Gasteiger partial charge in [0.25, 0.3) is 0 Å². The Morgan fingerprint density at radius 2 is 1.86 bits per heavy atom. The highest BCUT2D eigenvalue weighted by Crippen LogP contribution is 2.37. The Balaban J connectivity index is 1.53. The van der Waals surface area contributed by atoms with E-state index in [9.17, 15) is 14.0 Å². The molecular formula is C25H23Cl2FN4O5. The molecule has 0 spiro atoms. The van der Waals surface area contributed by atoms with Crippen LogP contribution in [-0.2, 0) is 14.3 Å². The summed E-state index contributed by atoms with van der Waals surface area (Å²) >= 11 is 11.8. The Kier molecular flexibility index (Phi) is 8.30. The van der Waals surface area contributed by atoms with Crippen LogP contribution in [0.3, 0.4) is 0 Å². The molecule has 2 aromatic carbocycles. The number of fused-ring (bicyclic) bond motifs is 1. The summed E-state index contributed by atoms with van der Waals surface area (Å²) in [6.45, 7) is 0.912. The van der Waals surface area contributed by atoms with Gasteiger partial charge in [0, 0.05) is 49.5 Å². The molecule has 194 valence electrons. The zero-order chi connectivity index (χ0) is 26.5. The summed E-state index contributed by atoms with van der Waals surface area (Å²) in [5.41, 5.74) is 0.658. The third kappa shape index (κ3) is 6.03. The van der Waals surface area contributed by atoms with Crippen LogP contribution in [0.25, 0.3) is 10.9 Å². The smallest absolute Gasteiger partial charge is 0.330 e. The number of hydrogen-bond donors (Lipinski definition) is 1. The Morgan fingerprint density at radius 3 is 2.57 bits per heavy atom. The van der Waals surface area contributed by atoms with Gasteiger partial charge in [-0.05, 0) is 18.2 Å². The number of amides is 1. The molecule has 1 saturated heterocycles. The molecule has 1 amide bonds. The molecule has 0 unspecified atom stereocenters. The van der Waals surface area contributed by atoms with E-state index in [4.69, 9.17) is 32.7 Å². The fourth-order valence-corrected chi connectivity index (χ4v) is 4.16. The number of carbonyl (C=O) groups is 2. The van der Waals surface area contributed by atoms with Crippen LogP contribution in [0.5, 0.6) is 11.5 Å². The van der Waals surface area contributed by atoms with Gasteiger partial charge in [0.1, 0.15) is 18.2 Å². The first-order valence-corrected chi connectivity index (χ1v) is 12.0. The summed E-state index contributed by atoms with van der Waals surface area (Å²) in [5, 5.41) is 3.43. The molecule has 0 bridgehead atoms. The van der Waals surface area contributed by atoms with Crippen molar-refractivity contribution in [1.29, 1.82) is 0 Å². The normalized spacial score (nSPS) is 14.1. The lowest BCUT2D eigenvalue weighted by Crippen LogP contribution is -2.41. The maximum Gasteiger partial charge on any atom is 0.330 e. The van der Waals surface area contributed by atoms with E-state index in [1.807, 2.05) is 0 Å². The van der Waals surface area contributed by atoms with Crippen LogP contribution in [0.1, 0.15) is 12.8 Å². The molecule has 0 atom stereocenters. The zero-order valence-corrected chi connectivity index (χ0v) is 21.5. The van der Waals surface area contributed by atoms with Gasteiger partial charge < -0.3 is 24.4 Å². The van der Waals surface area contributed by atoms with Crippen molar-refractivity contribution in [2.45, 2.75) is 18.9 Å². The summed E-state index contributed by atoms with van der Waals surface area (Å²) in [6.07, 6.45) is 4.61. The van der Waals surface area contributed by atoms with Crippen molar-refractivity contribution in [2.75, 3.05) is 32.6 Å². The van der Waals surface area contributed by atoms with Gasteiger partial charge in [0.15, 0.2) is 17.3 Å². The number of nitrogens with zero attached hydrogens (tertiary/aromatic N) is 3. The van der Waals surface area contributed by atoms with Crippen molar-refractivity contribution >= 4 is 57.5 Å². The number of likely N-dealkylation sites (tertiary alicyclic amines) is 1. The van der Waals surface area contributed by atoms with Gasteiger partial charge in [-0.15, -0.1) is 0 Å². The molecular weight excluding hydrogens is 526 g/mol. The lowest BCUT2D eigenvalue weighted by atomic mass is 10.1. The molecule has 37 heavy (non-hydrogen) atoms. The predicted octanol–water partition coefficient (Wildman–Crippen LogP) is 4.93. The van der Waals surface area contributed by atoms with Crippen molar-refractivity contribution in [3.8, 4) is 11.5 Å². The number of nitrogens with one attached hydrogen (secondary N) is 1. The molecule has 9 nitrogen and oxygen atoms in total. The summed E-state index contributed by atoms with van der Waals surface area (Å²) in [5.74, 6) is -0.291. The van der Waals surface area contributed by atoms with E-state index in [2.05, 4.69) is 20.0 Å². The number of carbonyl (C=O) groups excluding carboxylic acids is 2. The number of benzene rings is 2. The topological polar surface area (TPSA) is 103 Å². The summed E-state index contributed by atoms with van der Waals surface area (Å²) in [7, 11) is 2.77. The molecule has 2 heterocycles. The average molecular weight is 549 g/mol.